The summed E-state index contributed by atoms with van der Waals surface area (Å²) in [6.07, 6.45) is 1.26. The molecule has 1 nitrogen and oxygen atoms in total. The molecular weight excluding hydrogens is 93.1 g/mol. The van der Waals surface area contributed by atoms with Crippen LogP contribution in [0.5, 0.6) is 0 Å². The highest BCUT2D eigenvalue weighted by atomic mass is 19.1. The Kier molecular flexibility index (Phi) is 1.63. The predicted molar refractivity (Wildman–Crippen MR) is 27.0 cm³/mol. The molecule has 0 bridgehead atoms. The molecule has 0 N–H and O–H groups in total. The molecule has 1 saturated heterocycles. The van der Waals surface area contributed by atoms with E-state index in [2.05, 4.69) is 4.90 Å². The first-order valence-corrected chi connectivity index (χ1v) is 2.72. The molecule has 7 heavy (non-hydrogen) atoms. The summed E-state index contributed by atoms with van der Waals surface area (Å²) >= 11 is 0. The number of alkyl halides is 1. The van der Waals surface area contributed by atoms with Gasteiger partial charge in [-0.2, -0.15) is 0 Å². The first-order valence-electron chi connectivity index (χ1n) is 2.72. The van der Waals surface area contributed by atoms with Crippen molar-refractivity contribution in [3.63, 3.8) is 0 Å². The number of rotatable bonds is 2. The van der Waals surface area contributed by atoms with Gasteiger partial charge in [0.1, 0.15) is 6.67 Å². The number of likely N-dealkylation sites (tertiary alicyclic amines) is 1. The molecule has 1 aliphatic heterocycles. The molecule has 1 fully saturated rings. The number of nitrogens with zero attached hydrogens (tertiary/aromatic N) is 1. The van der Waals surface area contributed by atoms with Gasteiger partial charge in [0.25, 0.3) is 0 Å². The van der Waals surface area contributed by atoms with Crippen LogP contribution in [-0.2, 0) is 0 Å². The second-order valence-electron chi connectivity index (χ2n) is 1.88. The third-order valence-corrected chi connectivity index (χ3v) is 1.35. The van der Waals surface area contributed by atoms with E-state index in [4.69, 9.17) is 0 Å². The van der Waals surface area contributed by atoms with Gasteiger partial charge in [-0.3, -0.25) is 0 Å². The van der Waals surface area contributed by atoms with Crippen LogP contribution in [0, 0.1) is 0 Å². The Morgan fingerprint density at radius 1 is 1.43 bits per heavy atom. The minimum atomic E-state index is -0.181. The van der Waals surface area contributed by atoms with E-state index in [1.54, 1.807) is 0 Å². The Morgan fingerprint density at radius 3 is 2.29 bits per heavy atom. The Bertz CT molecular complexity index is 52.0. The van der Waals surface area contributed by atoms with Crippen molar-refractivity contribution in [2.45, 2.75) is 6.42 Å². The van der Waals surface area contributed by atoms with Crippen molar-refractivity contribution in [2.75, 3.05) is 26.3 Å². The average Bonchev–Trinajstić information content (AvgIpc) is 1.55. The van der Waals surface area contributed by atoms with Crippen LogP contribution in [0.15, 0.2) is 0 Å². The Labute approximate surface area is 43.1 Å². The third kappa shape index (κ3) is 1.13. The van der Waals surface area contributed by atoms with Crippen molar-refractivity contribution in [3.8, 4) is 0 Å². The molecular formula is C5H10FN. The predicted octanol–water partition coefficient (Wildman–Crippen LogP) is 0.662. The fourth-order valence-electron chi connectivity index (χ4n) is 0.725. The molecule has 1 aliphatic rings. The Balaban J connectivity index is 1.93. The topological polar surface area (TPSA) is 3.24 Å². The molecule has 2 heteroatoms. The molecule has 0 aromatic heterocycles. The van der Waals surface area contributed by atoms with Crippen molar-refractivity contribution in [3.05, 3.63) is 0 Å². The summed E-state index contributed by atoms with van der Waals surface area (Å²) in [6, 6.07) is 0. The molecule has 1 heterocycles. The second-order valence-corrected chi connectivity index (χ2v) is 1.88. The highest BCUT2D eigenvalue weighted by Gasteiger charge is 2.11. The van der Waals surface area contributed by atoms with E-state index in [-0.39, 0.29) is 6.67 Å². The van der Waals surface area contributed by atoms with E-state index in [1.807, 2.05) is 0 Å². The van der Waals surface area contributed by atoms with Gasteiger partial charge in [0.05, 0.1) is 0 Å². The Hall–Kier alpha value is -0.110. The lowest BCUT2D eigenvalue weighted by Gasteiger charge is -2.29. The third-order valence-electron chi connectivity index (χ3n) is 1.35. The highest BCUT2D eigenvalue weighted by molar-refractivity contribution is 4.66. The number of halogens is 1. The van der Waals surface area contributed by atoms with E-state index < -0.39 is 0 Å². The van der Waals surface area contributed by atoms with Crippen LogP contribution >= 0.6 is 0 Å². The van der Waals surface area contributed by atoms with E-state index in [0.29, 0.717) is 6.54 Å². The normalized spacial score (nSPS) is 21.9. The summed E-state index contributed by atoms with van der Waals surface area (Å²) in [7, 11) is 0. The lowest BCUT2D eigenvalue weighted by Crippen LogP contribution is -2.38. The molecule has 0 saturated carbocycles. The van der Waals surface area contributed by atoms with Crippen LogP contribution in [0.2, 0.25) is 0 Å². The monoisotopic (exact) mass is 103 g/mol. The second kappa shape index (κ2) is 2.26. The lowest BCUT2D eigenvalue weighted by atomic mass is 10.2. The molecule has 42 valence electrons. The SMILES string of the molecule is FCCN1CCC1. The number of hydrogen-bond acceptors (Lipinski definition) is 1. The maximum Gasteiger partial charge on any atom is 0.102 e. The maximum atomic E-state index is 11.4. The van der Waals surface area contributed by atoms with E-state index in [9.17, 15) is 4.39 Å². The van der Waals surface area contributed by atoms with Crippen molar-refractivity contribution in [1.29, 1.82) is 0 Å². The van der Waals surface area contributed by atoms with Crippen LogP contribution in [0.4, 0.5) is 4.39 Å². The minimum absolute atomic E-state index is 0.181. The van der Waals surface area contributed by atoms with Gasteiger partial charge in [-0.25, -0.2) is 4.39 Å². The van der Waals surface area contributed by atoms with Gasteiger partial charge in [-0.1, -0.05) is 0 Å². The molecule has 0 atom stereocenters. The summed E-state index contributed by atoms with van der Waals surface area (Å²) in [5.41, 5.74) is 0. The van der Waals surface area contributed by atoms with Crippen LogP contribution in [0.25, 0.3) is 0 Å². The van der Waals surface area contributed by atoms with Crippen molar-refractivity contribution in [2.24, 2.45) is 0 Å². The zero-order valence-corrected chi connectivity index (χ0v) is 4.36. The van der Waals surface area contributed by atoms with Gasteiger partial charge < -0.3 is 4.90 Å². The minimum Gasteiger partial charge on any atom is -0.301 e. The molecule has 0 amide bonds. The van der Waals surface area contributed by atoms with Gasteiger partial charge >= 0.3 is 0 Å². The molecule has 0 radical (unpaired) electrons. The van der Waals surface area contributed by atoms with Crippen molar-refractivity contribution >= 4 is 0 Å². The van der Waals surface area contributed by atoms with E-state index in [0.717, 1.165) is 13.1 Å². The number of hydrogen-bond donors (Lipinski definition) is 0. The lowest BCUT2D eigenvalue weighted by molar-refractivity contribution is 0.167. The fourth-order valence-corrected chi connectivity index (χ4v) is 0.725. The summed E-state index contributed by atoms with van der Waals surface area (Å²) in [5.74, 6) is 0. The van der Waals surface area contributed by atoms with Crippen LogP contribution < -0.4 is 0 Å². The summed E-state index contributed by atoms with van der Waals surface area (Å²) in [6.45, 7) is 2.70. The molecule has 0 aliphatic carbocycles. The molecule has 0 unspecified atom stereocenters. The standard InChI is InChI=1S/C5H10FN/c6-2-5-7-3-1-4-7/h1-5H2. The van der Waals surface area contributed by atoms with Crippen molar-refractivity contribution < 1.29 is 4.39 Å². The first-order chi connectivity index (χ1) is 3.43. The smallest absolute Gasteiger partial charge is 0.102 e. The quantitative estimate of drug-likeness (QED) is 0.496. The highest BCUT2D eigenvalue weighted by Crippen LogP contribution is 2.03. The largest absolute Gasteiger partial charge is 0.301 e. The Morgan fingerprint density at radius 2 is 2.14 bits per heavy atom. The zero-order chi connectivity index (χ0) is 5.11. The average molecular weight is 103 g/mol. The van der Waals surface area contributed by atoms with E-state index >= 15 is 0 Å². The van der Waals surface area contributed by atoms with Crippen LogP contribution in [-0.4, -0.2) is 31.2 Å². The fraction of sp³-hybridized carbons (Fsp3) is 1.00. The van der Waals surface area contributed by atoms with Crippen LogP contribution in [0.1, 0.15) is 6.42 Å². The zero-order valence-electron chi connectivity index (χ0n) is 4.36. The van der Waals surface area contributed by atoms with E-state index in [1.165, 1.54) is 6.42 Å². The van der Waals surface area contributed by atoms with Gasteiger partial charge in [0.2, 0.25) is 0 Å². The summed E-state index contributed by atoms with van der Waals surface area (Å²) < 4.78 is 11.4. The molecule has 1 rings (SSSR count). The maximum absolute atomic E-state index is 11.4. The molecule has 0 aromatic rings. The molecule has 0 aromatic carbocycles. The van der Waals surface area contributed by atoms with Gasteiger partial charge in [0, 0.05) is 6.54 Å². The van der Waals surface area contributed by atoms with Crippen LogP contribution in [0.3, 0.4) is 0 Å². The first kappa shape index (κ1) is 5.04. The van der Waals surface area contributed by atoms with Gasteiger partial charge in [-0.05, 0) is 19.5 Å². The van der Waals surface area contributed by atoms with Gasteiger partial charge in [-0.15, -0.1) is 0 Å². The summed E-state index contributed by atoms with van der Waals surface area (Å²) in [5, 5.41) is 0. The van der Waals surface area contributed by atoms with Gasteiger partial charge in [0.15, 0.2) is 0 Å². The van der Waals surface area contributed by atoms with Crippen molar-refractivity contribution in [1.82, 2.24) is 4.90 Å². The summed E-state index contributed by atoms with van der Waals surface area (Å²) in [4.78, 5) is 2.11. The molecule has 0 spiro atoms.